The van der Waals surface area contributed by atoms with E-state index in [2.05, 4.69) is 24.8 Å². The molecule has 2 unspecified atom stereocenters. The molecule has 8 nitrogen and oxygen atoms in total. The van der Waals surface area contributed by atoms with Crippen molar-refractivity contribution in [3.05, 3.63) is 31.9 Å². The Balaban J connectivity index is 2.25. The van der Waals surface area contributed by atoms with E-state index in [0.717, 1.165) is 54.8 Å². The SMILES string of the molecule is CCCCn1c(N2CC(C)CC(C)C2)c(C=C2SC(=S)N(CC(=O)O)C2=O)c(C)c(C#N)c1=O. The van der Waals surface area contributed by atoms with E-state index in [4.69, 9.17) is 17.3 Å². The van der Waals surface area contributed by atoms with Gasteiger partial charge in [0.2, 0.25) is 0 Å². The third kappa shape index (κ3) is 5.20. The fraction of sp³-hybridized carbons (Fsp3) is 0.542. The fourth-order valence-electron chi connectivity index (χ4n) is 4.75. The van der Waals surface area contributed by atoms with E-state index in [1.54, 1.807) is 17.6 Å². The van der Waals surface area contributed by atoms with Gasteiger partial charge in [-0.05, 0) is 43.2 Å². The van der Waals surface area contributed by atoms with Crippen LogP contribution in [-0.4, -0.2) is 50.4 Å². The molecular weight excluding hydrogens is 472 g/mol. The second-order valence-electron chi connectivity index (χ2n) is 9.17. The summed E-state index contributed by atoms with van der Waals surface area (Å²) in [4.78, 5) is 41.1. The molecule has 1 aromatic heterocycles. The first-order valence-electron chi connectivity index (χ1n) is 11.5. The summed E-state index contributed by atoms with van der Waals surface area (Å²) in [6.07, 6.45) is 4.43. The number of piperidine rings is 1. The molecule has 3 heterocycles. The molecule has 0 radical (unpaired) electrons. The molecule has 2 atom stereocenters. The molecule has 3 rings (SSSR count). The van der Waals surface area contributed by atoms with E-state index in [0.29, 0.717) is 34.4 Å². The number of unbranched alkanes of at least 4 members (excludes halogenated alkanes) is 1. The largest absolute Gasteiger partial charge is 0.480 e. The van der Waals surface area contributed by atoms with E-state index in [1.165, 1.54) is 0 Å². The molecule has 0 bridgehead atoms. The number of aromatic nitrogens is 1. The highest BCUT2D eigenvalue weighted by Gasteiger charge is 2.35. The van der Waals surface area contributed by atoms with Gasteiger partial charge in [0.05, 0.1) is 4.91 Å². The number of thiocarbonyl (C=S) groups is 1. The highest BCUT2D eigenvalue weighted by atomic mass is 32.2. The molecule has 182 valence electrons. The van der Waals surface area contributed by atoms with Gasteiger partial charge in [-0.25, -0.2) is 0 Å². The molecular formula is C24H30N4O4S2. The molecule has 1 aromatic rings. The van der Waals surface area contributed by atoms with Gasteiger partial charge < -0.3 is 10.0 Å². The minimum absolute atomic E-state index is 0.0604. The summed E-state index contributed by atoms with van der Waals surface area (Å²) in [6.45, 7) is 9.64. The van der Waals surface area contributed by atoms with Gasteiger partial charge >= 0.3 is 5.97 Å². The second-order valence-corrected chi connectivity index (χ2v) is 10.8. The van der Waals surface area contributed by atoms with Gasteiger partial charge in [-0.1, -0.05) is 51.2 Å². The minimum atomic E-state index is -1.15. The Labute approximate surface area is 209 Å². The minimum Gasteiger partial charge on any atom is -0.480 e. The maximum absolute atomic E-state index is 13.4. The number of amides is 1. The van der Waals surface area contributed by atoms with Crippen LogP contribution in [-0.2, 0) is 16.1 Å². The number of anilines is 1. The summed E-state index contributed by atoms with van der Waals surface area (Å²) in [6, 6.07) is 2.06. The average Bonchev–Trinajstić information content (AvgIpc) is 3.01. The number of hydrogen-bond acceptors (Lipinski definition) is 7. The number of carbonyl (C=O) groups is 2. The summed E-state index contributed by atoms with van der Waals surface area (Å²) >= 11 is 6.29. The molecule has 0 aromatic carbocycles. The maximum Gasteiger partial charge on any atom is 0.323 e. The van der Waals surface area contributed by atoms with E-state index < -0.39 is 18.4 Å². The van der Waals surface area contributed by atoms with E-state index in [1.807, 2.05) is 6.92 Å². The third-order valence-electron chi connectivity index (χ3n) is 6.19. The number of nitriles is 1. The normalized spacial score (nSPS) is 21.9. The lowest BCUT2D eigenvalue weighted by molar-refractivity contribution is -0.140. The predicted molar refractivity (Wildman–Crippen MR) is 138 cm³/mol. The van der Waals surface area contributed by atoms with Crippen molar-refractivity contribution in [2.75, 3.05) is 24.5 Å². The van der Waals surface area contributed by atoms with Crippen molar-refractivity contribution in [1.29, 1.82) is 5.26 Å². The lowest BCUT2D eigenvalue weighted by atomic mass is 9.91. The van der Waals surface area contributed by atoms with Crippen LogP contribution in [0, 0.1) is 30.1 Å². The molecule has 2 saturated heterocycles. The number of pyridine rings is 1. The van der Waals surface area contributed by atoms with Crippen molar-refractivity contribution in [1.82, 2.24) is 9.47 Å². The lowest BCUT2D eigenvalue weighted by Crippen LogP contribution is -2.43. The van der Waals surface area contributed by atoms with Gasteiger partial charge in [-0.15, -0.1) is 0 Å². The maximum atomic E-state index is 13.4. The summed E-state index contributed by atoms with van der Waals surface area (Å²) in [7, 11) is 0. The van der Waals surface area contributed by atoms with Crippen molar-refractivity contribution in [2.45, 2.75) is 53.5 Å². The molecule has 2 aliphatic heterocycles. The Morgan fingerprint density at radius 1 is 1.29 bits per heavy atom. The first-order chi connectivity index (χ1) is 16.1. The number of carbonyl (C=O) groups excluding carboxylic acids is 1. The Bertz CT molecular complexity index is 1140. The highest BCUT2D eigenvalue weighted by Crippen LogP contribution is 2.37. The third-order valence-corrected chi connectivity index (χ3v) is 7.57. The summed E-state index contributed by atoms with van der Waals surface area (Å²) in [5.41, 5.74) is 0.907. The molecule has 2 aliphatic rings. The standard InChI is InChI=1S/C24H30N4O4S2/c1-5-6-7-27-21(26-11-14(2)8-15(3)12-26)17(16(4)18(10-25)22(27)31)9-19-23(32)28(13-20(29)30)24(33)34-19/h9,14-15H,5-8,11-13H2,1-4H3,(H,29,30). The monoisotopic (exact) mass is 502 g/mol. The average molecular weight is 503 g/mol. The number of nitrogens with zero attached hydrogens (tertiary/aromatic N) is 4. The molecule has 0 spiro atoms. The van der Waals surface area contributed by atoms with Gasteiger partial charge in [-0.3, -0.25) is 23.9 Å². The van der Waals surface area contributed by atoms with Gasteiger partial charge in [0, 0.05) is 25.2 Å². The van der Waals surface area contributed by atoms with Gasteiger partial charge in [0.15, 0.2) is 0 Å². The van der Waals surface area contributed by atoms with Crippen molar-refractivity contribution >= 4 is 52.1 Å². The Morgan fingerprint density at radius 2 is 1.94 bits per heavy atom. The van der Waals surface area contributed by atoms with Gasteiger partial charge in [0.25, 0.3) is 11.5 Å². The zero-order valence-corrected chi connectivity index (χ0v) is 21.6. The fourth-order valence-corrected chi connectivity index (χ4v) is 5.98. The van der Waals surface area contributed by atoms with Crippen LogP contribution in [0.25, 0.3) is 6.08 Å². The van der Waals surface area contributed by atoms with Crippen molar-refractivity contribution in [3.8, 4) is 6.07 Å². The lowest BCUT2D eigenvalue weighted by Gasteiger charge is -2.39. The van der Waals surface area contributed by atoms with Crippen LogP contribution in [0.3, 0.4) is 0 Å². The topological polar surface area (TPSA) is 107 Å². The molecule has 1 amide bonds. The number of rotatable bonds is 7. The number of hydrogen-bond donors (Lipinski definition) is 1. The van der Waals surface area contributed by atoms with E-state index in [-0.39, 0.29) is 15.4 Å². The number of carboxylic acids is 1. The highest BCUT2D eigenvalue weighted by molar-refractivity contribution is 8.26. The Morgan fingerprint density at radius 3 is 2.50 bits per heavy atom. The molecule has 1 N–H and O–H groups in total. The molecule has 2 fully saturated rings. The van der Waals surface area contributed by atoms with Crippen LogP contribution >= 0.6 is 24.0 Å². The van der Waals surface area contributed by atoms with Crippen LogP contribution in [0.4, 0.5) is 5.82 Å². The second kappa shape index (κ2) is 10.7. The van der Waals surface area contributed by atoms with Gasteiger partial charge in [0.1, 0.15) is 28.3 Å². The van der Waals surface area contributed by atoms with Crippen LogP contribution in [0.5, 0.6) is 0 Å². The number of thioether (sulfide) groups is 1. The first kappa shape index (κ1) is 26.0. The number of carboxylic acid groups (broad SMARTS) is 1. The summed E-state index contributed by atoms with van der Waals surface area (Å²) < 4.78 is 1.86. The predicted octanol–water partition coefficient (Wildman–Crippen LogP) is 3.60. The molecule has 0 saturated carbocycles. The zero-order chi connectivity index (χ0) is 25.2. The van der Waals surface area contributed by atoms with E-state index >= 15 is 0 Å². The van der Waals surface area contributed by atoms with Crippen LogP contribution in [0.1, 0.15) is 56.7 Å². The van der Waals surface area contributed by atoms with E-state index in [9.17, 15) is 19.6 Å². The molecule has 34 heavy (non-hydrogen) atoms. The van der Waals surface area contributed by atoms with Crippen molar-refractivity contribution < 1.29 is 14.7 Å². The van der Waals surface area contributed by atoms with Crippen LogP contribution in [0.2, 0.25) is 0 Å². The van der Waals surface area contributed by atoms with Crippen molar-refractivity contribution in [2.24, 2.45) is 11.8 Å². The van der Waals surface area contributed by atoms with Crippen LogP contribution < -0.4 is 10.5 Å². The molecule has 10 heteroatoms. The number of aliphatic carboxylic acids is 1. The van der Waals surface area contributed by atoms with Crippen LogP contribution in [0.15, 0.2) is 9.70 Å². The summed E-state index contributed by atoms with van der Waals surface area (Å²) in [5, 5.41) is 18.9. The molecule has 0 aliphatic carbocycles. The Hall–Kier alpha value is -2.64. The smallest absolute Gasteiger partial charge is 0.323 e. The first-order valence-corrected chi connectivity index (χ1v) is 12.7. The Kier molecular flexibility index (Phi) is 8.21. The van der Waals surface area contributed by atoms with Gasteiger partial charge in [-0.2, -0.15) is 5.26 Å². The quantitative estimate of drug-likeness (QED) is 0.445. The summed E-state index contributed by atoms with van der Waals surface area (Å²) in [5.74, 6) is -0.0532. The van der Waals surface area contributed by atoms with Crippen molar-refractivity contribution in [3.63, 3.8) is 0 Å². The zero-order valence-electron chi connectivity index (χ0n) is 20.0.